The number of fused-ring (bicyclic) bond motifs is 2. The molecule has 0 saturated carbocycles. The Hall–Kier alpha value is -3.01. The number of rotatable bonds is 6. The van der Waals surface area contributed by atoms with E-state index in [1.54, 1.807) is 23.1 Å². The summed E-state index contributed by atoms with van der Waals surface area (Å²) in [6.07, 6.45) is -0.240. The molecule has 2 aromatic carbocycles. The van der Waals surface area contributed by atoms with Crippen LogP contribution < -0.4 is 15.4 Å². The Labute approximate surface area is 196 Å². The maximum absolute atomic E-state index is 13.4. The first-order valence-electron chi connectivity index (χ1n) is 11.0. The molecule has 0 aliphatic carbocycles. The van der Waals surface area contributed by atoms with Crippen molar-refractivity contribution in [2.24, 2.45) is 5.92 Å². The van der Waals surface area contributed by atoms with E-state index in [1.165, 1.54) is 11.3 Å². The molecule has 2 heterocycles. The molecule has 3 atom stereocenters. The van der Waals surface area contributed by atoms with E-state index in [-0.39, 0.29) is 36.5 Å². The van der Waals surface area contributed by atoms with Crippen LogP contribution in [-0.2, 0) is 0 Å². The molecule has 0 unspecified atom stereocenters. The Morgan fingerprint density at radius 3 is 2.82 bits per heavy atom. The second kappa shape index (κ2) is 9.86. The second-order valence-corrected chi connectivity index (χ2v) is 9.33. The predicted octanol–water partition coefficient (Wildman–Crippen LogP) is 2.99. The van der Waals surface area contributed by atoms with Crippen LogP contribution >= 0.6 is 11.3 Å². The van der Waals surface area contributed by atoms with Crippen LogP contribution in [0, 0.1) is 5.92 Å². The molecule has 33 heavy (non-hydrogen) atoms. The van der Waals surface area contributed by atoms with Crippen molar-refractivity contribution in [3.63, 3.8) is 0 Å². The molecular weight excluding hydrogens is 440 g/mol. The van der Waals surface area contributed by atoms with Gasteiger partial charge in [-0.3, -0.25) is 9.59 Å². The first kappa shape index (κ1) is 23.2. The summed E-state index contributed by atoms with van der Waals surface area (Å²) in [5.74, 6) is -0.269. The Bertz CT molecular complexity index is 1130. The number of anilines is 1. The number of nitrogens with zero attached hydrogens (tertiary/aromatic N) is 2. The van der Waals surface area contributed by atoms with Gasteiger partial charge in [-0.2, -0.15) is 0 Å². The number of aromatic nitrogens is 1. The minimum Gasteiger partial charge on any atom is -0.486 e. The normalized spacial score (nSPS) is 19.4. The maximum atomic E-state index is 13.4. The molecule has 1 aliphatic heterocycles. The number of para-hydroxylation sites is 2. The number of carbonyl (C=O) groups excluding carboxylic acids is 2. The van der Waals surface area contributed by atoms with Gasteiger partial charge in [-0.1, -0.05) is 25.1 Å². The van der Waals surface area contributed by atoms with Gasteiger partial charge >= 0.3 is 0 Å². The average Bonchev–Trinajstić information content (AvgIpc) is 3.26. The van der Waals surface area contributed by atoms with Crippen molar-refractivity contribution in [2.75, 3.05) is 32.1 Å². The molecule has 2 amide bonds. The van der Waals surface area contributed by atoms with Gasteiger partial charge in [0, 0.05) is 19.0 Å². The highest BCUT2D eigenvalue weighted by Gasteiger charge is 2.34. The van der Waals surface area contributed by atoms with Gasteiger partial charge in [-0.25, -0.2) is 4.98 Å². The molecule has 1 aliphatic rings. The molecule has 1 aromatic heterocycles. The number of aliphatic hydroxyl groups excluding tert-OH is 1. The number of nitrogens with one attached hydrogen (secondary N) is 2. The highest BCUT2D eigenvalue weighted by atomic mass is 32.1. The zero-order valence-electron chi connectivity index (χ0n) is 18.9. The van der Waals surface area contributed by atoms with Gasteiger partial charge in [0.2, 0.25) is 0 Å². The fourth-order valence-electron chi connectivity index (χ4n) is 3.93. The van der Waals surface area contributed by atoms with Crippen LogP contribution in [0.15, 0.2) is 42.5 Å². The molecule has 0 saturated heterocycles. The Morgan fingerprint density at radius 2 is 2.09 bits per heavy atom. The zero-order chi connectivity index (χ0) is 23.5. The van der Waals surface area contributed by atoms with Gasteiger partial charge in [-0.05, 0) is 38.2 Å². The maximum Gasteiger partial charge on any atom is 0.284 e. The van der Waals surface area contributed by atoms with Crippen LogP contribution in [0.3, 0.4) is 0 Å². The van der Waals surface area contributed by atoms with Gasteiger partial charge in [0.25, 0.3) is 11.8 Å². The fourth-order valence-corrected chi connectivity index (χ4v) is 4.79. The predicted molar refractivity (Wildman–Crippen MR) is 129 cm³/mol. The first-order valence-corrected chi connectivity index (χ1v) is 11.8. The minimum absolute atomic E-state index is 0.00318. The molecule has 0 radical (unpaired) electrons. The number of hydrogen-bond donors (Lipinski definition) is 3. The van der Waals surface area contributed by atoms with Crippen LogP contribution in [0.1, 0.15) is 34.0 Å². The summed E-state index contributed by atoms with van der Waals surface area (Å²) in [5.41, 5.74) is 1.53. The second-order valence-electron chi connectivity index (χ2n) is 8.30. The summed E-state index contributed by atoms with van der Waals surface area (Å²) in [6.45, 7) is 4.71. The molecular formula is C24H28N4O4S. The SMILES string of the molecule is CNC[C@H]1Oc2c(NC(=O)c3nc4ccccc4s3)cccc2C(=O)N([C@H](C)CO)C[C@@H]1C. The number of amides is 2. The topological polar surface area (TPSA) is 104 Å². The van der Waals surface area contributed by atoms with E-state index >= 15 is 0 Å². The third-order valence-electron chi connectivity index (χ3n) is 5.83. The van der Waals surface area contributed by atoms with E-state index in [4.69, 9.17) is 4.74 Å². The summed E-state index contributed by atoms with van der Waals surface area (Å²) in [7, 11) is 1.84. The summed E-state index contributed by atoms with van der Waals surface area (Å²) in [4.78, 5) is 32.6. The van der Waals surface area contributed by atoms with E-state index in [1.807, 2.05) is 45.2 Å². The standard InChI is InChI=1S/C24H28N4O4S/c1-14-12-28(15(2)13-29)24(31)16-7-6-9-18(21(16)32-19(14)11-25-3)26-22(30)23-27-17-8-4-5-10-20(17)33-23/h4-10,14-15,19,25,29H,11-13H2,1-3H3,(H,26,30)/t14-,15+,19+/m0/s1. The fraction of sp³-hybridized carbons (Fsp3) is 0.375. The van der Waals surface area contributed by atoms with Crippen molar-refractivity contribution in [1.29, 1.82) is 0 Å². The lowest BCUT2D eigenvalue weighted by Gasteiger charge is -2.37. The van der Waals surface area contributed by atoms with Crippen molar-refractivity contribution >= 4 is 39.1 Å². The Balaban J connectivity index is 1.72. The third-order valence-corrected chi connectivity index (χ3v) is 6.87. The van der Waals surface area contributed by atoms with Crippen molar-refractivity contribution in [2.45, 2.75) is 26.0 Å². The van der Waals surface area contributed by atoms with E-state index in [0.717, 1.165) is 10.2 Å². The van der Waals surface area contributed by atoms with Crippen molar-refractivity contribution in [3.05, 3.63) is 53.0 Å². The van der Waals surface area contributed by atoms with Gasteiger partial charge in [0.1, 0.15) is 6.10 Å². The largest absolute Gasteiger partial charge is 0.486 e. The molecule has 4 rings (SSSR count). The van der Waals surface area contributed by atoms with Gasteiger partial charge < -0.3 is 25.4 Å². The highest BCUT2D eigenvalue weighted by Crippen LogP contribution is 2.35. The quantitative estimate of drug-likeness (QED) is 0.514. The lowest BCUT2D eigenvalue weighted by atomic mass is 9.99. The highest BCUT2D eigenvalue weighted by molar-refractivity contribution is 7.20. The number of likely N-dealkylation sites (N-methyl/N-ethyl adjacent to an activating group) is 1. The van der Waals surface area contributed by atoms with Crippen LogP contribution in [0.2, 0.25) is 0 Å². The Morgan fingerprint density at radius 1 is 1.30 bits per heavy atom. The van der Waals surface area contributed by atoms with Crippen molar-refractivity contribution in [3.8, 4) is 5.75 Å². The molecule has 0 bridgehead atoms. The molecule has 0 spiro atoms. The van der Waals surface area contributed by atoms with E-state index < -0.39 is 0 Å². The number of benzene rings is 2. The van der Waals surface area contributed by atoms with Gasteiger partial charge in [0.15, 0.2) is 10.8 Å². The summed E-state index contributed by atoms with van der Waals surface area (Å²) in [6, 6.07) is 12.4. The monoisotopic (exact) mass is 468 g/mol. The minimum atomic E-state index is -0.360. The molecule has 3 N–H and O–H groups in total. The lowest BCUT2D eigenvalue weighted by molar-refractivity contribution is 0.0417. The first-order chi connectivity index (χ1) is 15.9. The molecule has 0 fully saturated rings. The van der Waals surface area contributed by atoms with E-state index in [2.05, 4.69) is 15.6 Å². The lowest BCUT2D eigenvalue weighted by Crippen LogP contribution is -2.49. The van der Waals surface area contributed by atoms with Crippen molar-refractivity contribution < 1.29 is 19.4 Å². The van der Waals surface area contributed by atoms with Crippen molar-refractivity contribution in [1.82, 2.24) is 15.2 Å². The van der Waals surface area contributed by atoms with Crippen LogP contribution in [0.5, 0.6) is 5.75 Å². The van der Waals surface area contributed by atoms with Crippen LogP contribution in [0.25, 0.3) is 10.2 Å². The Kier molecular flexibility index (Phi) is 6.92. The number of aliphatic hydroxyl groups is 1. The number of carbonyl (C=O) groups is 2. The number of thiazole rings is 1. The summed E-state index contributed by atoms with van der Waals surface area (Å²) >= 11 is 1.31. The van der Waals surface area contributed by atoms with Gasteiger partial charge in [-0.15, -0.1) is 11.3 Å². The van der Waals surface area contributed by atoms with Gasteiger partial charge in [0.05, 0.1) is 34.1 Å². The molecule has 8 nitrogen and oxygen atoms in total. The molecule has 3 aromatic rings. The summed E-state index contributed by atoms with van der Waals surface area (Å²) in [5, 5.41) is 16.1. The van der Waals surface area contributed by atoms with E-state index in [9.17, 15) is 14.7 Å². The van der Waals surface area contributed by atoms with E-state index in [0.29, 0.717) is 35.1 Å². The average molecular weight is 469 g/mol. The molecule has 174 valence electrons. The zero-order valence-corrected chi connectivity index (χ0v) is 19.7. The van der Waals surface area contributed by atoms with Crippen LogP contribution in [-0.4, -0.2) is 65.7 Å². The number of hydrogen-bond acceptors (Lipinski definition) is 7. The summed E-state index contributed by atoms with van der Waals surface area (Å²) < 4.78 is 7.27. The van der Waals surface area contributed by atoms with Crippen LogP contribution in [0.4, 0.5) is 5.69 Å². The smallest absolute Gasteiger partial charge is 0.284 e. The molecule has 9 heteroatoms. The number of ether oxygens (including phenoxy) is 1. The third kappa shape index (κ3) is 4.71.